The minimum atomic E-state index is -0.334. The topological polar surface area (TPSA) is 88.1 Å². The molecule has 3 amide bonds. The zero-order valence-corrected chi connectivity index (χ0v) is 17.7. The van der Waals surface area contributed by atoms with Gasteiger partial charge in [-0.2, -0.15) is 10.1 Å². The molecule has 2 bridgehead atoms. The van der Waals surface area contributed by atoms with Gasteiger partial charge in [0.25, 0.3) is 17.7 Å². The van der Waals surface area contributed by atoms with Crippen LogP contribution in [0.3, 0.4) is 0 Å². The van der Waals surface area contributed by atoms with Crippen molar-refractivity contribution in [1.82, 2.24) is 5.01 Å². The van der Waals surface area contributed by atoms with E-state index in [-0.39, 0.29) is 48.0 Å². The molecular formula is C24H20ClN3O4. The van der Waals surface area contributed by atoms with Crippen LogP contribution >= 0.6 is 11.6 Å². The zero-order chi connectivity index (χ0) is 22.2. The molecule has 8 heteroatoms. The molecule has 0 unspecified atom stereocenters. The summed E-state index contributed by atoms with van der Waals surface area (Å²) in [4.78, 5) is 37.7. The molecule has 1 N–H and O–H groups in total. The van der Waals surface area contributed by atoms with Crippen LogP contribution in [0.1, 0.15) is 12.0 Å². The Morgan fingerprint density at radius 1 is 1.06 bits per heavy atom. The summed E-state index contributed by atoms with van der Waals surface area (Å²) >= 11 is 5.85. The van der Waals surface area contributed by atoms with E-state index in [0.717, 1.165) is 11.4 Å². The van der Waals surface area contributed by atoms with E-state index in [4.69, 9.17) is 16.3 Å². The highest BCUT2D eigenvalue weighted by Crippen LogP contribution is 2.52. The summed E-state index contributed by atoms with van der Waals surface area (Å²) in [5.74, 6) is -0.714. The van der Waals surface area contributed by atoms with Crippen molar-refractivity contribution in [2.24, 2.45) is 28.8 Å². The molecule has 7 nitrogen and oxygen atoms in total. The lowest BCUT2D eigenvalue weighted by Gasteiger charge is -2.13. The molecule has 0 aromatic heterocycles. The van der Waals surface area contributed by atoms with Crippen molar-refractivity contribution >= 4 is 41.2 Å². The van der Waals surface area contributed by atoms with Gasteiger partial charge in [-0.3, -0.25) is 14.4 Å². The number of hydrogen-bond donors (Lipinski definition) is 1. The Kier molecular flexibility index (Phi) is 5.27. The van der Waals surface area contributed by atoms with Crippen LogP contribution in [-0.4, -0.2) is 35.6 Å². The second-order valence-electron chi connectivity index (χ2n) is 8.11. The van der Waals surface area contributed by atoms with Crippen molar-refractivity contribution in [3.63, 3.8) is 0 Å². The molecule has 2 aromatic rings. The van der Waals surface area contributed by atoms with E-state index in [9.17, 15) is 14.4 Å². The lowest BCUT2D eigenvalue weighted by molar-refractivity contribution is -0.140. The lowest BCUT2D eigenvalue weighted by atomic mass is 9.85. The number of hydrogen-bond acceptors (Lipinski definition) is 5. The Bertz CT molecular complexity index is 1110. The number of para-hydroxylation sites is 1. The fourth-order valence-electron chi connectivity index (χ4n) is 4.71. The van der Waals surface area contributed by atoms with Gasteiger partial charge in [-0.15, -0.1) is 0 Å². The van der Waals surface area contributed by atoms with Crippen LogP contribution in [0.15, 0.2) is 65.8 Å². The van der Waals surface area contributed by atoms with E-state index in [1.165, 1.54) is 6.21 Å². The first-order valence-electron chi connectivity index (χ1n) is 10.4. The van der Waals surface area contributed by atoms with Crippen molar-refractivity contribution in [1.29, 1.82) is 0 Å². The third kappa shape index (κ3) is 3.69. The number of nitrogens with one attached hydrogen (secondary N) is 1. The Hall–Kier alpha value is -3.45. The number of amides is 3. The predicted octanol–water partition coefficient (Wildman–Crippen LogP) is 3.50. The second kappa shape index (κ2) is 8.24. The number of carbonyl (C=O) groups excluding carboxylic acids is 3. The highest BCUT2D eigenvalue weighted by molar-refractivity contribution is 6.30. The number of rotatable bonds is 6. The number of hydrazone groups is 1. The number of halogens is 1. The van der Waals surface area contributed by atoms with Crippen LogP contribution in [-0.2, 0) is 14.4 Å². The van der Waals surface area contributed by atoms with E-state index in [2.05, 4.69) is 10.4 Å². The van der Waals surface area contributed by atoms with Crippen LogP contribution in [0, 0.1) is 23.7 Å². The molecule has 5 rings (SSSR count). The molecule has 0 radical (unpaired) electrons. The second-order valence-corrected chi connectivity index (χ2v) is 8.55. The predicted molar refractivity (Wildman–Crippen MR) is 119 cm³/mol. The summed E-state index contributed by atoms with van der Waals surface area (Å²) in [6, 6.07) is 13.7. The molecule has 1 saturated heterocycles. The first-order valence-corrected chi connectivity index (χ1v) is 10.8. The number of allylic oxidation sites excluding steroid dienone is 2. The molecular weight excluding hydrogens is 430 g/mol. The molecule has 1 aliphatic heterocycles. The van der Waals surface area contributed by atoms with Crippen LogP contribution in [0.25, 0.3) is 0 Å². The molecule has 3 aliphatic rings. The fourth-order valence-corrected chi connectivity index (χ4v) is 4.84. The van der Waals surface area contributed by atoms with E-state index in [1.54, 1.807) is 48.5 Å². The standard InChI is InChI=1S/C24H20ClN3O4/c25-17-7-9-18(10-8-17)27-20(29)13-32-19-4-2-1-3-16(19)12-26-28-23(30)21-14-5-6-15(11-14)22(21)24(28)31/h1-10,12,14-15,21-22H,11,13H2,(H,27,29)/t14-,15-,21-,22+/m0/s1. The largest absolute Gasteiger partial charge is 0.483 e. The van der Waals surface area contributed by atoms with Crippen molar-refractivity contribution in [3.8, 4) is 5.75 Å². The summed E-state index contributed by atoms with van der Waals surface area (Å²) in [6.45, 7) is -0.214. The molecule has 2 fully saturated rings. The number of ether oxygens (including phenoxy) is 1. The maximum absolute atomic E-state index is 12.8. The average molecular weight is 450 g/mol. The molecule has 0 spiro atoms. The van der Waals surface area contributed by atoms with Gasteiger partial charge in [0.15, 0.2) is 6.61 Å². The Labute approximate surface area is 189 Å². The monoisotopic (exact) mass is 449 g/mol. The first-order chi connectivity index (χ1) is 15.5. The molecule has 1 saturated carbocycles. The van der Waals surface area contributed by atoms with Crippen LogP contribution in [0.2, 0.25) is 5.02 Å². The fraction of sp³-hybridized carbons (Fsp3) is 0.250. The SMILES string of the molecule is O=C(COc1ccccc1C=NN1C(=O)[C@@H]2[C@H](C1=O)[C@H]1C=C[C@H]2C1)Nc1ccc(Cl)cc1. The minimum absolute atomic E-state index is 0.136. The Balaban J connectivity index is 1.24. The molecule has 2 aromatic carbocycles. The van der Waals surface area contributed by atoms with Crippen molar-refractivity contribution in [2.75, 3.05) is 11.9 Å². The maximum Gasteiger partial charge on any atom is 0.262 e. The average Bonchev–Trinajstić information content (AvgIpc) is 3.47. The van der Waals surface area contributed by atoms with Gasteiger partial charge in [-0.1, -0.05) is 35.9 Å². The van der Waals surface area contributed by atoms with Gasteiger partial charge >= 0.3 is 0 Å². The third-order valence-corrected chi connectivity index (χ3v) is 6.42. The molecule has 162 valence electrons. The first kappa shape index (κ1) is 20.5. The van der Waals surface area contributed by atoms with Gasteiger partial charge in [0.05, 0.1) is 18.1 Å². The molecule has 4 atom stereocenters. The van der Waals surface area contributed by atoms with Crippen LogP contribution in [0.4, 0.5) is 5.69 Å². The summed E-state index contributed by atoms with van der Waals surface area (Å²) < 4.78 is 5.65. The summed E-state index contributed by atoms with van der Waals surface area (Å²) in [7, 11) is 0. The van der Waals surface area contributed by atoms with Crippen molar-refractivity contribution in [3.05, 3.63) is 71.3 Å². The van der Waals surface area contributed by atoms with Gasteiger partial charge in [-0.25, -0.2) is 0 Å². The lowest BCUT2D eigenvalue weighted by Crippen LogP contribution is -2.28. The normalized spacial score (nSPS) is 25.6. The smallest absolute Gasteiger partial charge is 0.262 e. The van der Waals surface area contributed by atoms with Crippen LogP contribution < -0.4 is 10.1 Å². The van der Waals surface area contributed by atoms with Gasteiger partial charge in [0, 0.05) is 16.3 Å². The Morgan fingerprint density at radius 3 is 2.41 bits per heavy atom. The quantitative estimate of drug-likeness (QED) is 0.415. The summed E-state index contributed by atoms with van der Waals surface area (Å²) in [6.07, 6.45) is 6.39. The molecule has 2 aliphatic carbocycles. The molecule has 32 heavy (non-hydrogen) atoms. The van der Waals surface area contributed by atoms with E-state index >= 15 is 0 Å². The highest BCUT2D eigenvalue weighted by atomic mass is 35.5. The Morgan fingerprint density at radius 2 is 1.72 bits per heavy atom. The molecule has 1 heterocycles. The van der Waals surface area contributed by atoms with E-state index in [0.29, 0.717) is 22.0 Å². The van der Waals surface area contributed by atoms with Gasteiger partial charge < -0.3 is 10.1 Å². The number of imide groups is 1. The van der Waals surface area contributed by atoms with Crippen LogP contribution in [0.5, 0.6) is 5.75 Å². The summed E-state index contributed by atoms with van der Waals surface area (Å²) in [5.41, 5.74) is 1.17. The number of benzene rings is 2. The van der Waals surface area contributed by atoms with E-state index in [1.807, 2.05) is 12.2 Å². The number of carbonyl (C=O) groups is 3. The minimum Gasteiger partial charge on any atom is -0.483 e. The zero-order valence-electron chi connectivity index (χ0n) is 17.0. The van der Waals surface area contributed by atoms with Gasteiger partial charge in [0.2, 0.25) is 0 Å². The third-order valence-electron chi connectivity index (χ3n) is 6.17. The van der Waals surface area contributed by atoms with E-state index < -0.39 is 0 Å². The number of nitrogens with zero attached hydrogens (tertiary/aromatic N) is 2. The number of anilines is 1. The van der Waals surface area contributed by atoms with Gasteiger partial charge in [-0.05, 0) is 54.7 Å². The van der Waals surface area contributed by atoms with Gasteiger partial charge in [0.1, 0.15) is 5.75 Å². The summed E-state index contributed by atoms with van der Waals surface area (Å²) in [5, 5.41) is 8.48. The van der Waals surface area contributed by atoms with Crippen molar-refractivity contribution < 1.29 is 19.1 Å². The highest BCUT2D eigenvalue weighted by Gasteiger charge is 2.59. The van der Waals surface area contributed by atoms with Crippen molar-refractivity contribution in [2.45, 2.75) is 6.42 Å². The number of fused-ring (bicyclic) bond motifs is 5. The maximum atomic E-state index is 12.8.